The highest BCUT2D eigenvalue weighted by atomic mass is 16.5. The Hall–Kier alpha value is -3.15. The lowest BCUT2D eigenvalue weighted by Gasteiger charge is -2.05. The molecule has 0 saturated heterocycles. The molecule has 0 aliphatic rings. The third-order valence-electron chi connectivity index (χ3n) is 3.79. The van der Waals surface area contributed by atoms with Gasteiger partial charge >= 0.3 is 5.97 Å². The molecule has 2 aromatic carbocycles. The van der Waals surface area contributed by atoms with E-state index in [4.69, 9.17) is 9.84 Å². The molecule has 122 valence electrons. The van der Waals surface area contributed by atoms with Crippen molar-refractivity contribution in [2.45, 2.75) is 13.5 Å². The van der Waals surface area contributed by atoms with E-state index in [2.05, 4.69) is 5.10 Å². The van der Waals surface area contributed by atoms with Crippen molar-refractivity contribution in [1.29, 1.82) is 0 Å². The first-order chi connectivity index (χ1) is 11.5. The molecule has 0 unspecified atom stereocenters. The Morgan fingerprint density at radius 2 is 1.79 bits per heavy atom. The van der Waals surface area contributed by atoms with Gasteiger partial charge in [-0.25, -0.2) is 0 Å². The minimum atomic E-state index is -1.01. The average molecular weight is 324 g/mol. The number of carboxylic acids is 1. The summed E-state index contributed by atoms with van der Waals surface area (Å²) in [5.74, 6) is -0.441. The summed E-state index contributed by atoms with van der Waals surface area (Å²) < 4.78 is 6.49. The van der Waals surface area contributed by atoms with Crippen LogP contribution in [0.25, 0.3) is 22.0 Å². The van der Waals surface area contributed by atoms with E-state index in [-0.39, 0.29) is 18.0 Å². The van der Waals surface area contributed by atoms with E-state index in [0.717, 1.165) is 16.9 Å². The predicted molar refractivity (Wildman–Crippen MR) is 89.4 cm³/mol. The standard InChI is InChI=1S/C18H16N2O4/c1-11(21)18-15-9-13(12-3-6-14(24-2)7-4-12)5-8-16(15)20(19-18)10-17(22)23/h3-9H,10H2,1-2H3,(H,22,23). The fraction of sp³-hybridized carbons (Fsp3) is 0.167. The molecule has 24 heavy (non-hydrogen) atoms. The van der Waals surface area contributed by atoms with Gasteiger partial charge in [0.2, 0.25) is 0 Å². The summed E-state index contributed by atoms with van der Waals surface area (Å²) in [5.41, 5.74) is 2.79. The van der Waals surface area contributed by atoms with Crippen molar-refractivity contribution in [1.82, 2.24) is 9.78 Å². The summed E-state index contributed by atoms with van der Waals surface area (Å²) in [6, 6.07) is 13.1. The molecule has 0 aliphatic heterocycles. The topological polar surface area (TPSA) is 81.4 Å². The summed E-state index contributed by atoms with van der Waals surface area (Å²) in [6.07, 6.45) is 0. The highest BCUT2D eigenvalue weighted by Crippen LogP contribution is 2.28. The predicted octanol–water partition coefficient (Wildman–Crippen LogP) is 3.00. The smallest absolute Gasteiger partial charge is 0.325 e. The molecular weight excluding hydrogens is 308 g/mol. The van der Waals surface area contributed by atoms with Gasteiger partial charge in [0.15, 0.2) is 5.78 Å². The number of nitrogens with zero attached hydrogens (tertiary/aromatic N) is 2. The number of carbonyl (C=O) groups is 2. The maximum absolute atomic E-state index is 11.9. The molecule has 0 fully saturated rings. The van der Waals surface area contributed by atoms with Gasteiger partial charge in [0.1, 0.15) is 18.0 Å². The fourth-order valence-corrected chi connectivity index (χ4v) is 2.65. The van der Waals surface area contributed by atoms with Gasteiger partial charge < -0.3 is 9.84 Å². The zero-order valence-electron chi connectivity index (χ0n) is 13.3. The molecule has 0 aliphatic carbocycles. The number of benzene rings is 2. The Kier molecular flexibility index (Phi) is 4.04. The van der Waals surface area contributed by atoms with Gasteiger partial charge in [-0.1, -0.05) is 18.2 Å². The molecular formula is C18H16N2O4. The number of ketones is 1. The minimum absolute atomic E-state index is 0.198. The largest absolute Gasteiger partial charge is 0.497 e. The van der Waals surface area contributed by atoms with E-state index < -0.39 is 5.97 Å². The van der Waals surface area contributed by atoms with Crippen LogP contribution < -0.4 is 4.74 Å². The normalized spacial score (nSPS) is 10.8. The van der Waals surface area contributed by atoms with E-state index in [9.17, 15) is 9.59 Å². The maximum Gasteiger partial charge on any atom is 0.325 e. The molecule has 0 bridgehead atoms. The van der Waals surface area contributed by atoms with E-state index in [0.29, 0.717) is 10.9 Å². The molecule has 0 amide bonds. The molecule has 3 rings (SSSR count). The summed E-state index contributed by atoms with van der Waals surface area (Å²) in [5, 5.41) is 13.8. The summed E-state index contributed by atoms with van der Waals surface area (Å²) in [7, 11) is 1.61. The van der Waals surface area contributed by atoms with Crippen molar-refractivity contribution in [3.05, 3.63) is 48.2 Å². The van der Waals surface area contributed by atoms with Crippen LogP contribution in [0.4, 0.5) is 0 Å². The highest BCUT2D eigenvalue weighted by Gasteiger charge is 2.16. The number of ether oxygens (including phenoxy) is 1. The van der Waals surface area contributed by atoms with Gasteiger partial charge in [-0.3, -0.25) is 14.3 Å². The number of carboxylic acid groups (broad SMARTS) is 1. The van der Waals surface area contributed by atoms with Crippen LogP contribution in [0.1, 0.15) is 17.4 Å². The number of fused-ring (bicyclic) bond motifs is 1. The summed E-state index contributed by atoms with van der Waals surface area (Å²) >= 11 is 0. The van der Waals surface area contributed by atoms with Crippen molar-refractivity contribution in [2.24, 2.45) is 0 Å². The SMILES string of the molecule is COc1ccc(-c2ccc3c(c2)c(C(C)=O)nn3CC(=O)O)cc1. The van der Waals surface area contributed by atoms with Crippen molar-refractivity contribution in [3.8, 4) is 16.9 Å². The zero-order chi connectivity index (χ0) is 17.3. The number of aromatic nitrogens is 2. The van der Waals surface area contributed by atoms with Gasteiger partial charge in [-0.05, 0) is 35.4 Å². The Bertz CT molecular complexity index is 926. The summed E-state index contributed by atoms with van der Waals surface area (Å²) in [4.78, 5) is 22.8. The summed E-state index contributed by atoms with van der Waals surface area (Å²) in [6.45, 7) is 1.14. The van der Waals surface area contributed by atoms with E-state index in [1.54, 1.807) is 13.2 Å². The van der Waals surface area contributed by atoms with Crippen molar-refractivity contribution in [3.63, 3.8) is 0 Å². The average Bonchev–Trinajstić information content (AvgIpc) is 2.92. The fourth-order valence-electron chi connectivity index (χ4n) is 2.65. The van der Waals surface area contributed by atoms with Crippen LogP contribution in [0.15, 0.2) is 42.5 Å². The van der Waals surface area contributed by atoms with Crippen LogP contribution in [0.3, 0.4) is 0 Å². The quantitative estimate of drug-likeness (QED) is 0.730. The lowest BCUT2D eigenvalue weighted by Crippen LogP contribution is -2.10. The molecule has 0 spiro atoms. The second-order valence-electron chi connectivity index (χ2n) is 5.42. The molecule has 3 aromatic rings. The number of hydrogen-bond acceptors (Lipinski definition) is 4. The third kappa shape index (κ3) is 2.86. The number of hydrogen-bond donors (Lipinski definition) is 1. The van der Waals surface area contributed by atoms with Crippen molar-refractivity contribution >= 4 is 22.7 Å². The Balaban J connectivity index is 2.13. The van der Waals surface area contributed by atoms with Crippen LogP contribution in [0.2, 0.25) is 0 Å². The molecule has 0 atom stereocenters. The lowest BCUT2D eigenvalue weighted by molar-refractivity contribution is -0.137. The maximum atomic E-state index is 11.9. The third-order valence-corrected chi connectivity index (χ3v) is 3.79. The molecule has 6 heteroatoms. The van der Waals surface area contributed by atoms with E-state index >= 15 is 0 Å². The number of rotatable bonds is 5. The minimum Gasteiger partial charge on any atom is -0.497 e. The van der Waals surface area contributed by atoms with Gasteiger partial charge in [0.25, 0.3) is 0 Å². The Labute approximate surface area is 138 Å². The molecule has 1 aromatic heterocycles. The van der Waals surface area contributed by atoms with Crippen LogP contribution in [-0.2, 0) is 11.3 Å². The number of aliphatic carboxylic acids is 1. The molecule has 1 heterocycles. The van der Waals surface area contributed by atoms with Gasteiger partial charge in [0, 0.05) is 12.3 Å². The van der Waals surface area contributed by atoms with Crippen LogP contribution in [0.5, 0.6) is 5.75 Å². The molecule has 0 saturated carbocycles. The first-order valence-corrected chi connectivity index (χ1v) is 7.37. The van der Waals surface area contributed by atoms with Crippen LogP contribution in [0, 0.1) is 0 Å². The lowest BCUT2D eigenvalue weighted by atomic mass is 10.0. The monoisotopic (exact) mass is 324 g/mol. The van der Waals surface area contributed by atoms with Crippen molar-refractivity contribution in [2.75, 3.05) is 7.11 Å². The Morgan fingerprint density at radius 3 is 2.38 bits per heavy atom. The number of methoxy groups -OCH3 is 1. The second kappa shape index (κ2) is 6.16. The number of Topliss-reactive ketones (excluding diaryl/α,β-unsaturated/α-hetero) is 1. The second-order valence-corrected chi connectivity index (χ2v) is 5.42. The van der Waals surface area contributed by atoms with Gasteiger partial charge in [-0.15, -0.1) is 0 Å². The van der Waals surface area contributed by atoms with Gasteiger partial charge in [0.05, 0.1) is 12.6 Å². The molecule has 0 radical (unpaired) electrons. The van der Waals surface area contributed by atoms with E-state index in [1.165, 1.54) is 11.6 Å². The molecule has 1 N–H and O–H groups in total. The van der Waals surface area contributed by atoms with Crippen molar-refractivity contribution < 1.29 is 19.4 Å². The van der Waals surface area contributed by atoms with E-state index in [1.807, 2.05) is 36.4 Å². The van der Waals surface area contributed by atoms with Crippen LogP contribution in [-0.4, -0.2) is 33.7 Å². The Morgan fingerprint density at radius 1 is 1.12 bits per heavy atom. The van der Waals surface area contributed by atoms with Gasteiger partial charge in [-0.2, -0.15) is 5.10 Å². The zero-order valence-corrected chi connectivity index (χ0v) is 13.3. The molecule has 6 nitrogen and oxygen atoms in total. The first kappa shape index (κ1) is 15.7. The van der Waals surface area contributed by atoms with Crippen LogP contribution >= 0.6 is 0 Å². The highest BCUT2D eigenvalue weighted by molar-refractivity contribution is 6.06. The first-order valence-electron chi connectivity index (χ1n) is 7.37. The number of carbonyl (C=O) groups excluding carboxylic acids is 1.